The summed E-state index contributed by atoms with van der Waals surface area (Å²) in [7, 11) is 0. The summed E-state index contributed by atoms with van der Waals surface area (Å²) in [4.78, 5) is 26.0. The molecule has 0 fully saturated rings. The largest absolute Gasteiger partial charge is 0.294 e. The monoisotopic (exact) mass is 506 g/mol. The van der Waals surface area contributed by atoms with Crippen molar-refractivity contribution in [3.8, 4) is 0 Å². The van der Waals surface area contributed by atoms with Gasteiger partial charge in [0.1, 0.15) is 0 Å². The van der Waals surface area contributed by atoms with Gasteiger partial charge in [0.2, 0.25) is 0 Å². The highest BCUT2D eigenvalue weighted by Gasteiger charge is 2.23. The van der Waals surface area contributed by atoms with E-state index in [4.69, 9.17) is 0 Å². The molecule has 2 nitrogen and oxygen atoms in total. The molecule has 1 aliphatic rings. The number of ketones is 2. The van der Waals surface area contributed by atoms with E-state index in [-0.39, 0.29) is 11.6 Å². The lowest BCUT2D eigenvalue weighted by atomic mass is 9.79. The van der Waals surface area contributed by atoms with Crippen LogP contribution in [0.4, 0.5) is 0 Å². The molecule has 0 aliphatic heterocycles. The first kappa shape index (κ1) is 27.8. The third-order valence-electron chi connectivity index (χ3n) is 7.90. The molecule has 0 heterocycles. The van der Waals surface area contributed by atoms with Crippen LogP contribution in [0.2, 0.25) is 0 Å². The molecule has 0 saturated heterocycles. The highest BCUT2D eigenvalue weighted by molar-refractivity contribution is 6.05. The summed E-state index contributed by atoms with van der Waals surface area (Å²) in [5, 5.41) is 2.43. The van der Waals surface area contributed by atoms with Gasteiger partial charge in [0.05, 0.1) is 0 Å². The zero-order chi connectivity index (χ0) is 27.4. The summed E-state index contributed by atoms with van der Waals surface area (Å²) in [6.45, 7) is 12.6. The molecule has 0 aromatic heterocycles. The molecule has 0 radical (unpaired) electrons. The van der Waals surface area contributed by atoms with E-state index in [9.17, 15) is 9.59 Å². The average Bonchev–Trinajstić information content (AvgIpc) is 2.90. The molecule has 198 valence electrons. The van der Waals surface area contributed by atoms with Crippen molar-refractivity contribution < 1.29 is 9.59 Å². The summed E-state index contributed by atoms with van der Waals surface area (Å²) in [6, 6.07) is 19.3. The third-order valence-corrected chi connectivity index (χ3v) is 7.90. The van der Waals surface area contributed by atoms with Crippen LogP contribution in [0.25, 0.3) is 11.1 Å². The predicted molar refractivity (Wildman–Crippen MR) is 160 cm³/mol. The first-order valence-electron chi connectivity index (χ1n) is 14.3. The van der Waals surface area contributed by atoms with Gasteiger partial charge in [-0.2, -0.15) is 0 Å². The molecular formula is C36H42O2. The van der Waals surface area contributed by atoms with Gasteiger partial charge >= 0.3 is 0 Å². The van der Waals surface area contributed by atoms with E-state index in [0.29, 0.717) is 23.5 Å². The molecule has 0 bridgehead atoms. The van der Waals surface area contributed by atoms with E-state index < -0.39 is 0 Å². The van der Waals surface area contributed by atoms with Crippen LogP contribution in [-0.4, -0.2) is 11.6 Å². The average molecular weight is 507 g/mol. The van der Waals surface area contributed by atoms with Gasteiger partial charge in [0.15, 0.2) is 11.6 Å². The summed E-state index contributed by atoms with van der Waals surface area (Å²) in [5.41, 5.74) is 9.68. The van der Waals surface area contributed by atoms with Crippen LogP contribution >= 0.6 is 0 Å². The fourth-order valence-corrected chi connectivity index (χ4v) is 5.56. The van der Waals surface area contributed by atoms with E-state index in [1.807, 2.05) is 18.2 Å². The predicted octanol–water partition coefficient (Wildman–Crippen LogP) is 7.90. The molecule has 0 spiro atoms. The second-order valence-corrected chi connectivity index (χ2v) is 11.4. The first-order valence-corrected chi connectivity index (χ1v) is 14.3. The molecule has 4 rings (SSSR count). The lowest BCUT2D eigenvalue weighted by Crippen LogP contribution is -2.25. The molecule has 1 aliphatic carbocycles. The van der Waals surface area contributed by atoms with Crippen molar-refractivity contribution in [2.75, 3.05) is 0 Å². The Morgan fingerprint density at radius 3 is 2.21 bits per heavy atom. The van der Waals surface area contributed by atoms with Gasteiger partial charge in [0, 0.05) is 17.5 Å². The Hall–Kier alpha value is -3.26. The Kier molecular flexibility index (Phi) is 8.82. The number of carbonyl (C=O) groups is 2. The van der Waals surface area contributed by atoms with Crippen LogP contribution in [0.5, 0.6) is 0 Å². The van der Waals surface area contributed by atoms with Gasteiger partial charge in [-0.05, 0) is 89.4 Å². The maximum atomic E-state index is 13.0. The van der Waals surface area contributed by atoms with Gasteiger partial charge in [-0.25, -0.2) is 0 Å². The molecule has 0 amide bonds. The second-order valence-electron chi connectivity index (χ2n) is 11.4. The highest BCUT2D eigenvalue weighted by Crippen LogP contribution is 2.33. The Morgan fingerprint density at radius 2 is 1.53 bits per heavy atom. The Labute approximate surface area is 228 Å². The van der Waals surface area contributed by atoms with E-state index in [1.54, 1.807) is 6.92 Å². The molecule has 0 atom stereocenters. The fourth-order valence-electron chi connectivity index (χ4n) is 5.56. The topological polar surface area (TPSA) is 34.1 Å². The summed E-state index contributed by atoms with van der Waals surface area (Å²) < 4.78 is 0. The lowest BCUT2D eigenvalue weighted by Gasteiger charge is -2.24. The van der Waals surface area contributed by atoms with Crippen molar-refractivity contribution >= 4 is 22.7 Å². The maximum absolute atomic E-state index is 13.0. The number of Topliss-reactive ketones (excluding diaryl/α,β-unsaturated/α-hetero) is 2. The normalized spacial score (nSPS) is 12.3. The van der Waals surface area contributed by atoms with Crippen LogP contribution in [0.3, 0.4) is 0 Å². The number of rotatable bonds is 10. The van der Waals surface area contributed by atoms with Crippen molar-refractivity contribution in [1.29, 1.82) is 0 Å². The number of hydrogen-bond donors (Lipinski definition) is 0. The van der Waals surface area contributed by atoms with Crippen molar-refractivity contribution in [3.05, 3.63) is 104 Å². The SMILES string of the molecule is CCCCCCCC(=O)c1ccc(C2=c3ccc(=C(C)C)cc3Cc3cc(C(C)C)ccc32)c(C(C)=O)c1. The highest BCUT2D eigenvalue weighted by atomic mass is 16.1. The first-order chi connectivity index (χ1) is 18.2. The van der Waals surface area contributed by atoms with Gasteiger partial charge in [0.25, 0.3) is 0 Å². The molecule has 38 heavy (non-hydrogen) atoms. The molecular weight excluding hydrogens is 464 g/mol. The van der Waals surface area contributed by atoms with Crippen LogP contribution < -0.4 is 10.4 Å². The number of fused-ring (bicyclic) bond motifs is 2. The fraction of sp³-hybridized carbons (Fsp3) is 0.389. The second kappa shape index (κ2) is 12.1. The molecule has 0 N–H and O–H groups in total. The Morgan fingerprint density at radius 1 is 0.789 bits per heavy atom. The zero-order valence-electron chi connectivity index (χ0n) is 24.0. The summed E-state index contributed by atoms with van der Waals surface area (Å²) in [5.74, 6) is 0.569. The number of benzene rings is 3. The summed E-state index contributed by atoms with van der Waals surface area (Å²) >= 11 is 0. The third kappa shape index (κ3) is 5.90. The number of hydrogen-bond acceptors (Lipinski definition) is 2. The van der Waals surface area contributed by atoms with Gasteiger partial charge in [-0.1, -0.05) is 101 Å². The minimum atomic E-state index is -0.00748. The number of unbranched alkanes of at least 4 members (excludes halogenated alkanes) is 4. The standard InChI is InChI=1S/C36H42O2/c1-7-8-9-10-11-12-35(38)28-15-18-33(34(22-28)25(6)37)36-31-16-13-26(23(2)3)19-29(31)21-30-20-27(24(4)5)14-17-32(30)36/h13-20,22-23H,7-12,21H2,1-6H3. The molecule has 3 aromatic rings. The zero-order valence-corrected chi connectivity index (χ0v) is 24.0. The van der Waals surface area contributed by atoms with Crippen LogP contribution in [0.15, 0.2) is 54.6 Å². The van der Waals surface area contributed by atoms with Crippen LogP contribution in [-0.2, 0) is 6.42 Å². The summed E-state index contributed by atoms with van der Waals surface area (Å²) in [6.07, 6.45) is 6.98. The quantitative estimate of drug-likeness (QED) is 0.162. The van der Waals surface area contributed by atoms with E-state index in [2.05, 4.69) is 71.0 Å². The van der Waals surface area contributed by atoms with Gasteiger partial charge in [-0.15, -0.1) is 0 Å². The molecule has 3 aromatic carbocycles. The smallest absolute Gasteiger partial charge is 0.162 e. The van der Waals surface area contributed by atoms with Crippen LogP contribution in [0.1, 0.15) is 135 Å². The molecule has 0 unspecified atom stereocenters. The van der Waals surface area contributed by atoms with E-state index >= 15 is 0 Å². The van der Waals surface area contributed by atoms with Crippen LogP contribution in [0, 0.1) is 0 Å². The van der Waals surface area contributed by atoms with Gasteiger partial charge < -0.3 is 0 Å². The molecule has 2 heteroatoms. The maximum Gasteiger partial charge on any atom is 0.162 e. The minimum absolute atomic E-state index is 0.00748. The lowest BCUT2D eigenvalue weighted by molar-refractivity contribution is 0.0979. The van der Waals surface area contributed by atoms with Crippen molar-refractivity contribution in [3.63, 3.8) is 0 Å². The van der Waals surface area contributed by atoms with E-state index in [1.165, 1.54) is 57.5 Å². The molecule has 0 saturated carbocycles. The van der Waals surface area contributed by atoms with Crippen molar-refractivity contribution in [2.24, 2.45) is 0 Å². The van der Waals surface area contributed by atoms with Gasteiger partial charge in [-0.3, -0.25) is 9.59 Å². The Balaban J connectivity index is 1.86. The minimum Gasteiger partial charge on any atom is -0.294 e. The van der Waals surface area contributed by atoms with Crippen molar-refractivity contribution in [1.82, 2.24) is 0 Å². The van der Waals surface area contributed by atoms with E-state index in [0.717, 1.165) is 30.4 Å². The van der Waals surface area contributed by atoms with Crippen molar-refractivity contribution in [2.45, 2.75) is 92.4 Å². The number of carbonyl (C=O) groups excluding carboxylic acids is 2. The Bertz CT molecular complexity index is 1480.